The molecule has 6 aromatic rings. The van der Waals surface area contributed by atoms with Crippen LogP contribution in [0.3, 0.4) is 0 Å². The molecule has 0 heterocycles. The summed E-state index contributed by atoms with van der Waals surface area (Å²) in [5, 5.41) is 0. The van der Waals surface area contributed by atoms with Crippen molar-refractivity contribution in [2.24, 2.45) is 0 Å². The van der Waals surface area contributed by atoms with E-state index in [-0.39, 0.29) is 5.92 Å². The Bertz CT molecular complexity index is 2020. The summed E-state index contributed by atoms with van der Waals surface area (Å²) in [6.07, 6.45) is 0.619. The van der Waals surface area contributed by atoms with Crippen LogP contribution in [0.25, 0.3) is 0 Å². The number of hydrogen-bond donors (Lipinski definition) is 0. The Morgan fingerprint density at radius 1 is 0.511 bits per heavy atom. The first-order valence-corrected chi connectivity index (χ1v) is 15.1. The molecule has 0 spiro atoms. The molecule has 0 radical (unpaired) electrons. The molecule has 0 amide bonds. The van der Waals surface area contributed by atoms with Crippen LogP contribution in [0, 0.1) is 0 Å². The molecule has 9 rings (SSSR count). The Labute approximate surface area is 261 Å². The van der Waals surface area contributed by atoms with E-state index < -0.39 is 17.4 Å². The average molecular weight is 585 g/mol. The second kappa shape index (κ2) is 10.8. The highest BCUT2D eigenvalue weighted by atomic mass is 16.5. The molecule has 6 aromatic carbocycles. The van der Waals surface area contributed by atoms with Crippen LogP contribution >= 0.6 is 0 Å². The number of ether oxygens (including phenoxy) is 2. The SMILES string of the molecule is O=C(Oc1ccc(OC(=O)c2ccccc2)c2c1C1c3ccccc3C2(Cc2ccccc2)c2ccccc21)c1ccccc1. The molecule has 0 aliphatic heterocycles. The zero-order valence-electron chi connectivity index (χ0n) is 24.4. The molecule has 0 saturated heterocycles. The van der Waals surface area contributed by atoms with E-state index in [1.54, 1.807) is 36.4 Å². The fraction of sp³-hybridized carbons (Fsp3) is 0.0732. The van der Waals surface area contributed by atoms with Crippen LogP contribution in [0.1, 0.15) is 65.6 Å². The summed E-state index contributed by atoms with van der Waals surface area (Å²) >= 11 is 0. The quantitative estimate of drug-likeness (QED) is 0.146. The molecule has 3 aliphatic rings. The van der Waals surface area contributed by atoms with E-state index in [0.29, 0.717) is 29.0 Å². The number of benzene rings is 6. The summed E-state index contributed by atoms with van der Waals surface area (Å²) in [5.74, 6) is -0.177. The predicted molar refractivity (Wildman–Crippen MR) is 173 cm³/mol. The monoisotopic (exact) mass is 584 g/mol. The van der Waals surface area contributed by atoms with Crippen LogP contribution in [-0.4, -0.2) is 11.9 Å². The molecular weight excluding hydrogens is 556 g/mol. The molecule has 45 heavy (non-hydrogen) atoms. The van der Waals surface area contributed by atoms with Gasteiger partial charge in [0.15, 0.2) is 0 Å². The lowest BCUT2D eigenvalue weighted by molar-refractivity contribution is 0.0714. The third-order valence-corrected chi connectivity index (χ3v) is 9.08. The first-order valence-electron chi connectivity index (χ1n) is 15.1. The molecule has 4 nitrogen and oxygen atoms in total. The van der Waals surface area contributed by atoms with Gasteiger partial charge in [0.2, 0.25) is 0 Å². The summed E-state index contributed by atoms with van der Waals surface area (Å²) in [7, 11) is 0. The van der Waals surface area contributed by atoms with Gasteiger partial charge in [-0.05, 0) is 70.6 Å². The van der Waals surface area contributed by atoms with E-state index in [9.17, 15) is 9.59 Å². The lowest BCUT2D eigenvalue weighted by Crippen LogP contribution is -2.44. The van der Waals surface area contributed by atoms with E-state index in [1.807, 2.05) is 54.6 Å². The van der Waals surface area contributed by atoms with E-state index in [1.165, 1.54) is 0 Å². The van der Waals surface area contributed by atoms with Gasteiger partial charge in [0, 0.05) is 17.0 Å². The number of rotatable bonds is 6. The minimum Gasteiger partial charge on any atom is -0.423 e. The second-order valence-electron chi connectivity index (χ2n) is 11.5. The van der Waals surface area contributed by atoms with Crippen molar-refractivity contribution in [1.82, 2.24) is 0 Å². The van der Waals surface area contributed by atoms with Gasteiger partial charge in [-0.2, -0.15) is 0 Å². The van der Waals surface area contributed by atoms with Crippen molar-refractivity contribution in [1.29, 1.82) is 0 Å². The Hall–Kier alpha value is -5.74. The third-order valence-electron chi connectivity index (χ3n) is 9.08. The average Bonchev–Trinajstić information content (AvgIpc) is 3.10. The first kappa shape index (κ1) is 26.9. The summed E-state index contributed by atoms with van der Waals surface area (Å²) < 4.78 is 12.6. The third kappa shape index (κ3) is 4.29. The van der Waals surface area contributed by atoms with Gasteiger partial charge in [0.25, 0.3) is 0 Å². The van der Waals surface area contributed by atoms with Crippen molar-refractivity contribution in [3.8, 4) is 11.5 Å². The van der Waals surface area contributed by atoms with Gasteiger partial charge in [0.1, 0.15) is 11.5 Å². The molecular formula is C41H28O4. The van der Waals surface area contributed by atoms with Crippen LogP contribution in [-0.2, 0) is 11.8 Å². The molecule has 0 atom stereocenters. The number of carbonyl (C=O) groups is 2. The highest BCUT2D eigenvalue weighted by Gasteiger charge is 2.54. The van der Waals surface area contributed by atoms with Gasteiger partial charge >= 0.3 is 11.9 Å². The van der Waals surface area contributed by atoms with Crippen molar-refractivity contribution in [2.45, 2.75) is 17.8 Å². The van der Waals surface area contributed by atoms with E-state index in [4.69, 9.17) is 9.47 Å². The van der Waals surface area contributed by atoms with Gasteiger partial charge in [-0.3, -0.25) is 0 Å². The van der Waals surface area contributed by atoms with Gasteiger partial charge in [-0.15, -0.1) is 0 Å². The topological polar surface area (TPSA) is 52.6 Å². The molecule has 2 bridgehead atoms. The largest absolute Gasteiger partial charge is 0.423 e. The summed E-state index contributed by atoms with van der Waals surface area (Å²) in [6.45, 7) is 0. The van der Waals surface area contributed by atoms with Crippen molar-refractivity contribution >= 4 is 11.9 Å². The maximum atomic E-state index is 13.6. The maximum Gasteiger partial charge on any atom is 0.343 e. The Morgan fingerprint density at radius 3 is 1.51 bits per heavy atom. The van der Waals surface area contributed by atoms with Crippen LogP contribution < -0.4 is 9.47 Å². The second-order valence-corrected chi connectivity index (χ2v) is 11.5. The lowest BCUT2D eigenvalue weighted by Gasteiger charge is -2.51. The molecule has 4 heteroatoms. The zero-order chi connectivity index (χ0) is 30.4. The minimum atomic E-state index is -0.722. The Balaban J connectivity index is 1.41. The van der Waals surface area contributed by atoms with Crippen molar-refractivity contribution in [2.75, 3.05) is 0 Å². The fourth-order valence-electron chi connectivity index (χ4n) is 7.30. The molecule has 216 valence electrons. The zero-order valence-corrected chi connectivity index (χ0v) is 24.4. The number of hydrogen-bond acceptors (Lipinski definition) is 4. The minimum absolute atomic E-state index is 0.223. The highest BCUT2D eigenvalue weighted by molar-refractivity contribution is 5.93. The number of carbonyl (C=O) groups excluding carboxylic acids is 2. The number of esters is 2. The van der Waals surface area contributed by atoms with Crippen LogP contribution in [0.15, 0.2) is 152 Å². The van der Waals surface area contributed by atoms with Crippen molar-refractivity contribution in [3.63, 3.8) is 0 Å². The molecule has 0 fully saturated rings. The van der Waals surface area contributed by atoms with Crippen LogP contribution in [0.4, 0.5) is 0 Å². The summed E-state index contributed by atoms with van der Waals surface area (Å²) in [6, 6.07) is 49.0. The van der Waals surface area contributed by atoms with E-state index in [0.717, 1.165) is 38.9 Å². The van der Waals surface area contributed by atoms with E-state index in [2.05, 4.69) is 60.7 Å². The maximum absolute atomic E-state index is 13.6. The Kier molecular flexibility index (Phi) is 6.42. The Morgan fingerprint density at radius 2 is 0.956 bits per heavy atom. The summed E-state index contributed by atoms with van der Waals surface area (Å²) in [4.78, 5) is 27.1. The predicted octanol–water partition coefficient (Wildman–Crippen LogP) is 8.51. The van der Waals surface area contributed by atoms with Gasteiger partial charge in [-0.25, -0.2) is 9.59 Å². The van der Waals surface area contributed by atoms with Gasteiger partial charge in [-0.1, -0.05) is 115 Å². The van der Waals surface area contributed by atoms with Crippen molar-refractivity contribution < 1.29 is 19.1 Å². The van der Waals surface area contributed by atoms with Crippen LogP contribution in [0.5, 0.6) is 11.5 Å². The molecule has 0 saturated carbocycles. The normalized spacial score (nSPS) is 17.0. The standard InChI is InChI=1S/C41H28O4/c42-39(28-16-6-2-7-17-28)44-34-24-25-35(45-40(43)29-18-8-3-9-19-29)38-37(34)36-30-20-10-12-22-32(30)41(38,26-27-14-4-1-5-15-27)33-23-13-11-21-31(33)36/h1-25,36H,26H2. The smallest absolute Gasteiger partial charge is 0.343 e. The summed E-state index contributed by atoms with van der Waals surface area (Å²) in [5.41, 5.74) is 7.69. The van der Waals surface area contributed by atoms with Gasteiger partial charge < -0.3 is 9.47 Å². The van der Waals surface area contributed by atoms with Gasteiger partial charge in [0.05, 0.1) is 16.5 Å². The fourth-order valence-corrected chi connectivity index (χ4v) is 7.30. The first-order chi connectivity index (χ1) is 22.1. The molecule has 0 aromatic heterocycles. The molecule has 3 aliphatic carbocycles. The van der Waals surface area contributed by atoms with E-state index >= 15 is 0 Å². The molecule has 0 unspecified atom stereocenters. The molecule has 0 N–H and O–H groups in total. The lowest BCUT2D eigenvalue weighted by atomic mass is 9.51. The van der Waals surface area contributed by atoms with Crippen molar-refractivity contribution in [3.05, 3.63) is 202 Å². The van der Waals surface area contributed by atoms with Crippen LogP contribution in [0.2, 0.25) is 0 Å². The highest BCUT2D eigenvalue weighted by Crippen LogP contribution is 2.64.